The van der Waals surface area contributed by atoms with E-state index in [1.54, 1.807) is 17.0 Å². The van der Waals surface area contributed by atoms with Crippen LogP contribution in [0.4, 0.5) is 4.39 Å². The molecule has 1 fully saturated rings. The molecule has 4 rings (SSSR count). The quantitative estimate of drug-likeness (QED) is 0.833. The highest BCUT2D eigenvalue weighted by Crippen LogP contribution is 2.28. The van der Waals surface area contributed by atoms with Gasteiger partial charge in [0, 0.05) is 47.7 Å². The summed E-state index contributed by atoms with van der Waals surface area (Å²) >= 11 is 7.84. The van der Waals surface area contributed by atoms with E-state index in [1.165, 1.54) is 16.5 Å². The van der Waals surface area contributed by atoms with Crippen LogP contribution >= 0.6 is 22.9 Å². The van der Waals surface area contributed by atoms with Gasteiger partial charge in [0.25, 0.3) is 0 Å². The number of benzene rings is 1. The molecule has 2 aliphatic heterocycles. The SMILES string of the molecule is O=C(Cc1c(F)cccc1Cl)N1CC(N2CCc3sccc3C2)C1. The van der Waals surface area contributed by atoms with Crippen molar-refractivity contribution in [1.29, 1.82) is 0 Å². The topological polar surface area (TPSA) is 23.6 Å². The molecule has 1 saturated heterocycles. The Morgan fingerprint density at radius 3 is 2.96 bits per heavy atom. The minimum atomic E-state index is -0.408. The van der Waals surface area contributed by atoms with Crippen LogP contribution in [0, 0.1) is 5.82 Å². The van der Waals surface area contributed by atoms with E-state index < -0.39 is 5.82 Å². The molecule has 6 heteroatoms. The molecule has 1 aromatic heterocycles. The maximum atomic E-state index is 13.8. The highest BCUT2D eigenvalue weighted by Gasteiger charge is 2.36. The fourth-order valence-corrected chi connectivity index (χ4v) is 4.56. The molecule has 0 bridgehead atoms. The van der Waals surface area contributed by atoms with Gasteiger partial charge in [-0.2, -0.15) is 0 Å². The van der Waals surface area contributed by atoms with Crippen LogP contribution in [0.15, 0.2) is 29.6 Å². The minimum absolute atomic E-state index is 0.0346. The maximum absolute atomic E-state index is 13.8. The first-order valence-electron chi connectivity index (χ1n) is 8.12. The Kier molecular flexibility index (Phi) is 4.33. The molecule has 3 heterocycles. The Morgan fingerprint density at radius 1 is 1.33 bits per heavy atom. The normalized spacial score (nSPS) is 18.3. The van der Waals surface area contributed by atoms with Crippen LogP contribution in [0.5, 0.6) is 0 Å². The van der Waals surface area contributed by atoms with E-state index in [2.05, 4.69) is 16.3 Å². The lowest BCUT2D eigenvalue weighted by molar-refractivity contribution is -0.138. The Labute approximate surface area is 149 Å². The van der Waals surface area contributed by atoms with Crippen LogP contribution in [-0.4, -0.2) is 41.4 Å². The zero-order valence-corrected chi connectivity index (χ0v) is 14.7. The third-order valence-electron chi connectivity index (χ3n) is 4.96. The fourth-order valence-electron chi connectivity index (χ4n) is 3.44. The lowest BCUT2D eigenvalue weighted by atomic mass is 10.0. The average Bonchev–Trinajstić information content (AvgIpc) is 2.97. The van der Waals surface area contributed by atoms with Crippen molar-refractivity contribution >= 4 is 28.8 Å². The molecule has 3 nitrogen and oxygen atoms in total. The summed E-state index contributed by atoms with van der Waals surface area (Å²) in [5, 5.41) is 2.48. The van der Waals surface area contributed by atoms with Gasteiger partial charge < -0.3 is 4.90 Å². The van der Waals surface area contributed by atoms with Gasteiger partial charge in [-0.15, -0.1) is 11.3 Å². The van der Waals surface area contributed by atoms with E-state index in [9.17, 15) is 9.18 Å². The van der Waals surface area contributed by atoms with Crippen molar-refractivity contribution in [3.63, 3.8) is 0 Å². The molecule has 1 amide bonds. The second-order valence-corrected chi connectivity index (χ2v) is 7.83. The molecular weight excluding hydrogens is 347 g/mol. The number of nitrogens with zero attached hydrogens (tertiary/aromatic N) is 2. The van der Waals surface area contributed by atoms with Crippen molar-refractivity contribution in [1.82, 2.24) is 9.80 Å². The maximum Gasteiger partial charge on any atom is 0.227 e. The van der Waals surface area contributed by atoms with E-state index >= 15 is 0 Å². The standard InChI is InChI=1S/C18H18ClFN2OS/c19-15-2-1-3-16(20)14(15)8-18(23)22-10-13(11-22)21-6-4-17-12(9-21)5-7-24-17/h1-3,5,7,13H,4,6,8-11H2. The first-order chi connectivity index (χ1) is 11.6. The van der Waals surface area contributed by atoms with Gasteiger partial charge in [0.2, 0.25) is 5.91 Å². The van der Waals surface area contributed by atoms with Crippen molar-refractivity contribution in [2.45, 2.75) is 25.4 Å². The second-order valence-electron chi connectivity index (χ2n) is 6.42. The third kappa shape index (κ3) is 2.96. The average molecular weight is 365 g/mol. The summed E-state index contributed by atoms with van der Waals surface area (Å²) in [6.07, 6.45) is 1.13. The van der Waals surface area contributed by atoms with Gasteiger partial charge >= 0.3 is 0 Å². The lowest BCUT2D eigenvalue weighted by Crippen LogP contribution is -2.61. The molecule has 0 saturated carbocycles. The summed E-state index contributed by atoms with van der Waals surface area (Å²) in [4.78, 5) is 18.1. The van der Waals surface area contributed by atoms with Crippen molar-refractivity contribution in [3.05, 3.63) is 56.5 Å². The predicted octanol–water partition coefficient (Wildman–Crippen LogP) is 3.35. The molecule has 2 aliphatic rings. The van der Waals surface area contributed by atoms with Crippen LogP contribution < -0.4 is 0 Å². The Morgan fingerprint density at radius 2 is 2.17 bits per heavy atom. The van der Waals surface area contributed by atoms with Gasteiger partial charge in [-0.05, 0) is 35.6 Å². The molecule has 0 spiro atoms. The van der Waals surface area contributed by atoms with Crippen LogP contribution in [0.2, 0.25) is 5.02 Å². The number of halogens is 2. The summed E-state index contributed by atoms with van der Waals surface area (Å²) in [6, 6.07) is 7.14. The Hall–Kier alpha value is -1.43. The third-order valence-corrected chi connectivity index (χ3v) is 6.34. The summed E-state index contributed by atoms with van der Waals surface area (Å²) in [7, 11) is 0. The van der Waals surface area contributed by atoms with Gasteiger partial charge in [0.05, 0.1) is 6.42 Å². The molecule has 0 aliphatic carbocycles. The number of rotatable bonds is 3. The van der Waals surface area contributed by atoms with Gasteiger partial charge in [-0.3, -0.25) is 9.69 Å². The number of likely N-dealkylation sites (tertiary alicyclic amines) is 1. The number of fused-ring (bicyclic) bond motifs is 1. The lowest BCUT2D eigenvalue weighted by Gasteiger charge is -2.46. The van der Waals surface area contributed by atoms with Crippen molar-refractivity contribution in [2.24, 2.45) is 0 Å². The molecule has 24 heavy (non-hydrogen) atoms. The summed E-state index contributed by atoms with van der Waals surface area (Å²) < 4.78 is 13.8. The predicted molar refractivity (Wildman–Crippen MR) is 93.9 cm³/mol. The number of amides is 1. The van der Waals surface area contributed by atoms with E-state index in [-0.39, 0.29) is 12.3 Å². The first kappa shape index (κ1) is 16.1. The smallest absolute Gasteiger partial charge is 0.227 e. The zero-order valence-electron chi connectivity index (χ0n) is 13.2. The van der Waals surface area contributed by atoms with Gasteiger partial charge in [-0.25, -0.2) is 4.39 Å². The summed E-state index contributed by atoms with van der Waals surface area (Å²) in [5.41, 5.74) is 1.72. The van der Waals surface area contributed by atoms with E-state index in [4.69, 9.17) is 11.6 Å². The molecule has 0 N–H and O–H groups in total. The van der Waals surface area contributed by atoms with Gasteiger partial charge in [0.1, 0.15) is 5.82 Å². The van der Waals surface area contributed by atoms with Crippen LogP contribution in [0.1, 0.15) is 16.0 Å². The molecular formula is C18H18ClFN2OS. The number of hydrogen-bond donors (Lipinski definition) is 0. The zero-order chi connectivity index (χ0) is 16.7. The second kappa shape index (κ2) is 6.47. The first-order valence-corrected chi connectivity index (χ1v) is 9.37. The number of carbonyl (C=O) groups excluding carboxylic acids is 1. The Bertz CT molecular complexity index is 752. The highest BCUT2D eigenvalue weighted by molar-refractivity contribution is 7.10. The van der Waals surface area contributed by atoms with Crippen LogP contribution in [-0.2, 0) is 24.2 Å². The number of hydrogen-bond acceptors (Lipinski definition) is 3. The van der Waals surface area contributed by atoms with E-state index in [0.29, 0.717) is 16.6 Å². The fraction of sp³-hybridized carbons (Fsp3) is 0.389. The summed E-state index contributed by atoms with van der Waals surface area (Å²) in [5.74, 6) is -0.458. The van der Waals surface area contributed by atoms with Gasteiger partial charge in [0.15, 0.2) is 0 Å². The molecule has 0 radical (unpaired) electrons. The van der Waals surface area contributed by atoms with Crippen molar-refractivity contribution in [3.8, 4) is 0 Å². The van der Waals surface area contributed by atoms with Crippen LogP contribution in [0.3, 0.4) is 0 Å². The Balaban J connectivity index is 1.34. The summed E-state index contributed by atoms with van der Waals surface area (Å²) in [6.45, 7) is 3.48. The van der Waals surface area contributed by atoms with Gasteiger partial charge in [-0.1, -0.05) is 17.7 Å². The highest BCUT2D eigenvalue weighted by atomic mass is 35.5. The van der Waals surface area contributed by atoms with E-state index in [0.717, 1.165) is 32.6 Å². The van der Waals surface area contributed by atoms with Crippen molar-refractivity contribution in [2.75, 3.05) is 19.6 Å². The molecule has 126 valence electrons. The van der Waals surface area contributed by atoms with E-state index in [1.807, 2.05) is 11.3 Å². The van der Waals surface area contributed by atoms with Crippen molar-refractivity contribution < 1.29 is 9.18 Å². The van der Waals surface area contributed by atoms with Crippen LogP contribution in [0.25, 0.3) is 0 Å². The monoisotopic (exact) mass is 364 g/mol. The molecule has 1 aromatic carbocycles. The minimum Gasteiger partial charge on any atom is -0.339 e. The number of carbonyl (C=O) groups is 1. The molecule has 2 aromatic rings. The number of thiophene rings is 1. The molecule has 0 unspecified atom stereocenters. The largest absolute Gasteiger partial charge is 0.339 e. The molecule has 0 atom stereocenters.